The van der Waals surface area contributed by atoms with Gasteiger partial charge in [-0.1, -0.05) is 29.8 Å². The summed E-state index contributed by atoms with van der Waals surface area (Å²) in [5.74, 6) is 1.11. The van der Waals surface area contributed by atoms with Gasteiger partial charge in [0, 0.05) is 19.3 Å². The first-order valence-corrected chi connectivity index (χ1v) is 10.3. The number of benzene rings is 2. The minimum absolute atomic E-state index is 0.152. The molecular weight excluding hydrogens is 422 g/mol. The molecule has 0 saturated heterocycles. The van der Waals surface area contributed by atoms with Crippen molar-refractivity contribution in [2.45, 2.75) is 20.1 Å². The fourth-order valence-electron chi connectivity index (χ4n) is 3.17. The van der Waals surface area contributed by atoms with E-state index in [1.165, 1.54) is 11.6 Å². The fourth-order valence-corrected chi connectivity index (χ4v) is 3.17. The van der Waals surface area contributed by atoms with E-state index in [1.54, 1.807) is 42.6 Å². The average molecular weight is 445 g/mol. The number of H-pyrrole nitrogens is 1. The van der Waals surface area contributed by atoms with E-state index in [1.807, 2.05) is 31.2 Å². The molecule has 0 aliphatic carbocycles. The minimum Gasteiger partial charge on any atom is -0.457 e. The number of aliphatic hydroxyl groups is 1. The van der Waals surface area contributed by atoms with Gasteiger partial charge in [0.05, 0.1) is 24.5 Å². The molecule has 0 unspecified atom stereocenters. The summed E-state index contributed by atoms with van der Waals surface area (Å²) in [6.07, 6.45) is 1.56. The number of aromatic amines is 1. The lowest BCUT2D eigenvalue weighted by Crippen LogP contribution is -2.48. The topological polar surface area (TPSA) is 115 Å². The molecule has 0 aliphatic rings. The maximum absolute atomic E-state index is 12.8. The molecule has 0 bridgehead atoms. The van der Waals surface area contributed by atoms with E-state index in [-0.39, 0.29) is 18.8 Å². The number of rotatable bonds is 6. The Bertz CT molecular complexity index is 1450. The summed E-state index contributed by atoms with van der Waals surface area (Å²) >= 11 is 0. The van der Waals surface area contributed by atoms with Crippen molar-refractivity contribution in [2.75, 3.05) is 0 Å². The number of nitrogens with zero attached hydrogens (tertiary/aromatic N) is 4. The number of aliphatic hydroxyl groups excluding tert-OH is 1. The standard InChI is InChI=1S/C24H23N5O4/c1-16-3-5-17(6-4-16)14-29-22(27-23(31)28(2)24(29)32)26-18-7-9-20(10-8-18)33-21-11-12-25-19(13-21)15-30/h3-13,30H,14-15H2,1-2H3,(H,26,27,31). The predicted molar refractivity (Wildman–Crippen MR) is 122 cm³/mol. The molecule has 2 aromatic heterocycles. The maximum atomic E-state index is 12.8. The van der Waals surface area contributed by atoms with Crippen LogP contribution in [0, 0.1) is 6.92 Å². The van der Waals surface area contributed by atoms with E-state index >= 15 is 0 Å². The van der Waals surface area contributed by atoms with E-state index in [9.17, 15) is 14.7 Å². The zero-order valence-electron chi connectivity index (χ0n) is 18.2. The molecule has 2 heterocycles. The average Bonchev–Trinajstić information content (AvgIpc) is 2.83. The van der Waals surface area contributed by atoms with Gasteiger partial charge >= 0.3 is 11.4 Å². The molecule has 4 aromatic rings. The Balaban J connectivity index is 1.67. The van der Waals surface area contributed by atoms with Crippen LogP contribution >= 0.6 is 0 Å². The van der Waals surface area contributed by atoms with Crippen molar-refractivity contribution in [1.82, 2.24) is 19.1 Å². The summed E-state index contributed by atoms with van der Waals surface area (Å²) < 4.78 is 8.22. The lowest BCUT2D eigenvalue weighted by molar-refractivity contribution is 0.276. The first-order valence-electron chi connectivity index (χ1n) is 10.3. The van der Waals surface area contributed by atoms with Gasteiger partial charge < -0.3 is 9.84 Å². The molecule has 168 valence electrons. The zero-order valence-corrected chi connectivity index (χ0v) is 18.2. The third kappa shape index (κ3) is 5.16. The molecule has 0 amide bonds. The lowest BCUT2D eigenvalue weighted by Gasteiger charge is -2.09. The summed E-state index contributed by atoms with van der Waals surface area (Å²) in [5.41, 5.74) is 2.21. The third-order valence-corrected chi connectivity index (χ3v) is 5.02. The molecule has 9 nitrogen and oxygen atoms in total. The van der Waals surface area contributed by atoms with Crippen LogP contribution in [-0.2, 0) is 20.2 Å². The number of hydrogen-bond donors (Lipinski definition) is 2. The predicted octanol–water partition coefficient (Wildman–Crippen LogP) is 2.14. The van der Waals surface area contributed by atoms with Crippen molar-refractivity contribution in [2.24, 2.45) is 12.0 Å². The van der Waals surface area contributed by atoms with Gasteiger partial charge in [-0.2, -0.15) is 0 Å². The van der Waals surface area contributed by atoms with Gasteiger partial charge in [0.25, 0.3) is 0 Å². The second-order valence-corrected chi connectivity index (χ2v) is 7.52. The molecule has 0 aliphatic heterocycles. The summed E-state index contributed by atoms with van der Waals surface area (Å²) in [4.78, 5) is 36.2. The maximum Gasteiger partial charge on any atom is 0.335 e. The second kappa shape index (κ2) is 9.49. The van der Waals surface area contributed by atoms with Gasteiger partial charge in [0.1, 0.15) is 11.5 Å². The highest BCUT2D eigenvalue weighted by atomic mass is 16.5. The summed E-state index contributed by atoms with van der Waals surface area (Å²) in [7, 11) is 1.42. The lowest BCUT2D eigenvalue weighted by atomic mass is 10.1. The highest BCUT2D eigenvalue weighted by Gasteiger charge is 2.07. The van der Waals surface area contributed by atoms with Crippen LogP contribution in [0.3, 0.4) is 0 Å². The van der Waals surface area contributed by atoms with Crippen LogP contribution in [0.2, 0.25) is 0 Å². The van der Waals surface area contributed by atoms with Gasteiger partial charge in [-0.25, -0.2) is 19.1 Å². The van der Waals surface area contributed by atoms with Crippen LogP contribution in [0.15, 0.2) is 81.4 Å². The van der Waals surface area contributed by atoms with Crippen LogP contribution in [0.25, 0.3) is 0 Å². The highest BCUT2D eigenvalue weighted by molar-refractivity contribution is 5.42. The largest absolute Gasteiger partial charge is 0.457 e. The van der Waals surface area contributed by atoms with Gasteiger partial charge in [-0.15, -0.1) is 0 Å². The summed E-state index contributed by atoms with van der Waals surface area (Å²) in [6.45, 7) is 2.08. The molecule has 2 aromatic carbocycles. The fraction of sp³-hybridized carbons (Fsp3) is 0.167. The zero-order chi connectivity index (χ0) is 23.4. The Morgan fingerprint density at radius 2 is 1.76 bits per heavy atom. The van der Waals surface area contributed by atoms with Crippen molar-refractivity contribution in [3.63, 3.8) is 0 Å². The van der Waals surface area contributed by atoms with Crippen LogP contribution in [-0.4, -0.2) is 24.2 Å². The number of aromatic nitrogens is 4. The van der Waals surface area contributed by atoms with Crippen molar-refractivity contribution in [1.29, 1.82) is 0 Å². The number of pyridine rings is 1. The summed E-state index contributed by atoms with van der Waals surface area (Å²) in [6, 6.07) is 18.0. The number of nitrogens with one attached hydrogen (secondary N) is 1. The molecule has 4 rings (SSSR count). The van der Waals surface area contributed by atoms with E-state index in [0.29, 0.717) is 22.9 Å². The molecule has 2 N–H and O–H groups in total. The number of ether oxygens (including phenoxy) is 1. The second-order valence-electron chi connectivity index (χ2n) is 7.52. The van der Waals surface area contributed by atoms with Crippen LogP contribution in [0.4, 0.5) is 5.69 Å². The molecule has 9 heteroatoms. The first-order chi connectivity index (χ1) is 15.9. The van der Waals surface area contributed by atoms with Crippen LogP contribution in [0.5, 0.6) is 11.5 Å². The minimum atomic E-state index is -0.545. The highest BCUT2D eigenvalue weighted by Crippen LogP contribution is 2.24. The molecule has 0 fully saturated rings. The Labute approximate surface area is 188 Å². The molecule has 33 heavy (non-hydrogen) atoms. The van der Waals surface area contributed by atoms with Crippen molar-refractivity contribution in [3.8, 4) is 11.5 Å². The Morgan fingerprint density at radius 1 is 1.03 bits per heavy atom. The SMILES string of the molecule is Cc1ccc(Cn2c(=O)n(C)c(=O)[nH]/c2=N\c2ccc(Oc3ccnc(CO)c3)cc2)cc1. The third-order valence-electron chi connectivity index (χ3n) is 5.02. The first kappa shape index (κ1) is 22.0. The van der Waals surface area contributed by atoms with E-state index in [4.69, 9.17) is 4.74 Å². The van der Waals surface area contributed by atoms with Gasteiger partial charge in [0.2, 0.25) is 5.62 Å². The summed E-state index contributed by atoms with van der Waals surface area (Å²) in [5, 5.41) is 9.21. The normalized spacial score (nSPS) is 11.5. The monoisotopic (exact) mass is 445 g/mol. The quantitative estimate of drug-likeness (QED) is 0.472. The Kier molecular flexibility index (Phi) is 6.32. The number of hydrogen-bond acceptors (Lipinski definition) is 6. The van der Waals surface area contributed by atoms with Crippen molar-refractivity contribution < 1.29 is 9.84 Å². The van der Waals surface area contributed by atoms with Gasteiger partial charge in [-0.05, 0) is 42.8 Å². The molecule has 0 saturated carbocycles. The van der Waals surface area contributed by atoms with Crippen molar-refractivity contribution in [3.05, 3.63) is 110 Å². The molecule has 0 atom stereocenters. The van der Waals surface area contributed by atoms with Crippen LogP contribution in [0.1, 0.15) is 16.8 Å². The molecule has 0 radical (unpaired) electrons. The Hall–Kier alpha value is -4.24. The Morgan fingerprint density at radius 3 is 2.45 bits per heavy atom. The van der Waals surface area contributed by atoms with E-state index in [2.05, 4.69) is 15.0 Å². The van der Waals surface area contributed by atoms with Gasteiger partial charge in [-0.3, -0.25) is 14.5 Å². The molecule has 0 spiro atoms. The van der Waals surface area contributed by atoms with Crippen LogP contribution < -0.4 is 21.7 Å². The number of aryl methyl sites for hydroxylation is 1. The van der Waals surface area contributed by atoms with Gasteiger partial charge in [0.15, 0.2) is 0 Å². The smallest absolute Gasteiger partial charge is 0.335 e. The molecular formula is C24H23N5O4. The van der Waals surface area contributed by atoms with E-state index < -0.39 is 11.4 Å². The van der Waals surface area contributed by atoms with E-state index in [0.717, 1.165) is 15.7 Å². The van der Waals surface area contributed by atoms with Crippen molar-refractivity contribution >= 4 is 5.69 Å².